The minimum Gasteiger partial charge on any atom is -0.393 e. The van der Waals surface area contributed by atoms with Crippen LogP contribution in [0.4, 0.5) is 11.5 Å². The van der Waals surface area contributed by atoms with Crippen molar-refractivity contribution in [3.05, 3.63) is 5.82 Å². The Balaban J connectivity index is 2.60. The molecular formula is C6H11N7. The van der Waals surface area contributed by atoms with E-state index in [4.69, 9.17) is 17.2 Å². The van der Waals surface area contributed by atoms with Gasteiger partial charge in [0.05, 0.1) is 0 Å². The minimum absolute atomic E-state index is 0.406. The summed E-state index contributed by atoms with van der Waals surface area (Å²) in [5.41, 5.74) is 17.6. The third-order valence-electron chi connectivity index (χ3n) is 1.86. The van der Waals surface area contributed by atoms with Gasteiger partial charge in [-0.15, -0.1) is 10.2 Å². The van der Waals surface area contributed by atoms with E-state index in [1.165, 1.54) is 0 Å². The van der Waals surface area contributed by atoms with E-state index in [-0.39, 0.29) is 0 Å². The Morgan fingerprint density at radius 1 is 1.31 bits per heavy atom. The van der Waals surface area contributed by atoms with Crippen LogP contribution in [0.25, 0.3) is 5.65 Å². The molecule has 13 heavy (non-hydrogen) atoms. The lowest BCUT2D eigenvalue weighted by Crippen LogP contribution is -2.06. The summed E-state index contributed by atoms with van der Waals surface area (Å²) in [6.45, 7) is 0.514. The maximum atomic E-state index is 5.64. The molecule has 70 valence electrons. The SMILES string of the molecule is NCCc1nnc2c(N)c(N)[nH]n12. The molecule has 0 atom stereocenters. The van der Waals surface area contributed by atoms with Crippen LogP contribution in [0.2, 0.25) is 0 Å². The summed E-state index contributed by atoms with van der Waals surface area (Å²) >= 11 is 0. The molecule has 2 aromatic heterocycles. The fourth-order valence-electron chi connectivity index (χ4n) is 1.20. The maximum Gasteiger partial charge on any atom is 0.202 e. The Bertz CT molecular complexity index is 425. The van der Waals surface area contributed by atoms with Crippen LogP contribution in [0.15, 0.2) is 0 Å². The number of nitrogens with one attached hydrogen (secondary N) is 1. The number of hydrogen-bond acceptors (Lipinski definition) is 5. The molecule has 7 nitrogen and oxygen atoms in total. The van der Waals surface area contributed by atoms with E-state index in [0.29, 0.717) is 30.1 Å². The summed E-state index contributed by atoms with van der Waals surface area (Å²) in [5, 5.41) is 10.6. The monoisotopic (exact) mass is 181 g/mol. The number of H-pyrrole nitrogens is 1. The van der Waals surface area contributed by atoms with E-state index in [1.54, 1.807) is 4.52 Å². The molecule has 7 heteroatoms. The largest absolute Gasteiger partial charge is 0.393 e. The molecule has 0 aromatic carbocycles. The number of hydrogen-bond donors (Lipinski definition) is 4. The van der Waals surface area contributed by atoms with Crippen molar-refractivity contribution in [3.8, 4) is 0 Å². The van der Waals surface area contributed by atoms with Gasteiger partial charge in [-0.3, -0.25) is 5.10 Å². The van der Waals surface area contributed by atoms with E-state index >= 15 is 0 Å². The molecule has 2 heterocycles. The van der Waals surface area contributed by atoms with Crippen molar-refractivity contribution in [3.63, 3.8) is 0 Å². The van der Waals surface area contributed by atoms with Gasteiger partial charge in [-0.05, 0) is 6.54 Å². The molecule has 0 aliphatic heterocycles. The smallest absolute Gasteiger partial charge is 0.202 e. The zero-order valence-corrected chi connectivity index (χ0v) is 6.99. The number of anilines is 2. The van der Waals surface area contributed by atoms with Gasteiger partial charge in [-0.25, -0.2) is 4.52 Å². The lowest BCUT2D eigenvalue weighted by molar-refractivity contribution is 0.801. The van der Waals surface area contributed by atoms with Crippen LogP contribution >= 0.6 is 0 Å². The Morgan fingerprint density at radius 3 is 2.77 bits per heavy atom. The van der Waals surface area contributed by atoms with Gasteiger partial charge >= 0.3 is 0 Å². The Hall–Kier alpha value is -1.76. The molecule has 0 aliphatic carbocycles. The molecule has 7 N–H and O–H groups in total. The first-order valence-corrected chi connectivity index (χ1v) is 3.91. The molecule has 0 saturated carbocycles. The number of nitrogens with zero attached hydrogens (tertiary/aromatic N) is 3. The molecule has 2 rings (SSSR count). The summed E-state index contributed by atoms with van der Waals surface area (Å²) in [6, 6.07) is 0. The van der Waals surface area contributed by atoms with E-state index in [9.17, 15) is 0 Å². The average molecular weight is 181 g/mol. The molecule has 0 fully saturated rings. The van der Waals surface area contributed by atoms with Gasteiger partial charge in [0.15, 0.2) is 5.82 Å². The first-order chi connectivity index (χ1) is 6.24. The Labute approximate surface area is 73.9 Å². The fraction of sp³-hybridized carbons (Fsp3) is 0.333. The van der Waals surface area contributed by atoms with E-state index in [2.05, 4.69) is 15.3 Å². The first kappa shape index (κ1) is 7.87. The highest BCUT2D eigenvalue weighted by atomic mass is 15.4. The minimum atomic E-state index is 0.406. The summed E-state index contributed by atoms with van der Waals surface area (Å²) < 4.78 is 1.65. The molecular weight excluding hydrogens is 170 g/mol. The maximum absolute atomic E-state index is 5.64. The second-order valence-electron chi connectivity index (χ2n) is 2.75. The van der Waals surface area contributed by atoms with Gasteiger partial charge in [0, 0.05) is 6.42 Å². The number of rotatable bonds is 2. The van der Waals surface area contributed by atoms with Gasteiger partial charge in [0.2, 0.25) is 5.65 Å². The standard InChI is InChI=1S/C6H11N7/c7-2-1-3-10-11-6-4(8)5(9)12-13(3)6/h12H,1-2,7-9H2. The molecule has 0 aliphatic rings. The lowest BCUT2D eigenvalue weighted by Gasteiger charge is -1.91. The van der Waals surface area contributed by atoms with Crippen molar-refractivity contribution < 1.29 is 0 Å². The Kier molecular flexibility index (Phi) is 1.59. The van der Waals surface area contributed by atoms with Crippen molar-refractivity contribution >= 4 is 17.2 Å². The van der Waals surface area contributed by atoms with Crippen LogP contribution in [0.1, 0.15) is 5.82 Å². The van der Waals surface area contributed by atoms with Crippen LogP contribution in [0, 0.1) is 0 Å². The predicted molar refractivity (Wildman–Crippen MR) is 48.9 cm³/mol. The van der Waals surface area contributed by atoms with Crippen LogP contribution in [0.5, 0.6) is 0 Å². The fourth-order valence-corrected chi connectivity index (χ4v) is 1.20. The van der Waals surface area contributed by atoms with Gasteiger partial charge in [-0.2, -0.15) is 0 Å². The highest BCUT2D eigenvalue weighted by molar-refractivity contribution is 5.75. The number of aromatic amines is 1. The van der Waals surface area contributed by atoms with E-state index in [0.717, 1.165) is 5.82 Å². The molecule has 0 spiro atoms. The quantitative estimate of drug-likeness (QED) is 0.459. The number of nitrogens with two attached hydrogens (primary N) is 3. The van der Waals surface area contributed by atoms with Crippen LogP contribution in [-0.4, -0.2) is 26.4 Å². The zero-order chi connectivity index (χ0) is 9.42. The topological polar surface area (TPSA) is 124 Å². The highest BCUT2D eigenvalue weighted by Crippen LogP contribution is 2.18. The molecule has 0 radical (unpaired) electrons. The predicted octanol–water partition coefficient (Wildman–Crippen LogP) is -1.28. The van der Waals surface area contributed by atoms with Gasteiger partial charge in [0.25, 0.3) is 0 Å². The molecule has 0 bridgehead atoms. The van der Waals surface area contributed by atoms with Gasteiger partial charge in [-0.1, -0.05) is 0 Å². The van der Waals surface area contributed by atoms with Crippen molar-refractivity contribution in [2.24, 2.45) is 5.73 Å². The number of fused-ring (bicyclic) bond motifs is 1. The van der Waals surface area contributed by atoms with E-state index in [1.807, 2.05) is 0 Å². The van der Waals surface area contributed by atoms with Crippen LogP contribution < -0.4 is 17.2 Å². The molecule has 0 saturated heterocycles. The summed E-state index contributed by atoms with van der Waals surface area (Å²) in [5.74, 6) is 1.14. The summed E-state index contributed by atoms with van der Waals surface area (Å²) in [7, 11) is 0. The van der Waals surface area contributed by atoms with Crippen molar-refractivity contribution in [2.75, 3.05) is 18.0 Å². The Morgan fingerprint density at radius 2 is 2.08 bits per heavy atom. The lowest BCUT2D eigenvalue weighted by atomic mass is 10.4. The van der Waals surface area contributed by atoms with Crippen molar-refractivity contribution in [1.29, 1.82) is 0 Å². The zero-order valence-electron chi connectivity index (χ0n) is 6.99. The van der Waals surface area contributed by atoms with Gasteiger partial charge in [0.1, 0.15) is 11.5 Å². The first-order valence-electron chi connectivity index (χ1n) is 3.91. The number of aromatic nitrogens is 4. The molecule has 0 amide bonds. The third-order valence-corrected chi connectivity index (χ3v) is 1.86. The second kappa shape index (κ2) is 2.63. The summed E-state index contributed by atoms with van der Waals surface area (Å²) in [6.07, 6.45) is 0.639. The normalized spacial score (nSPS) is 11.2. The van der Waals surface area contributed by atoms with Gasteiger partial charge < -0.3 is 17.2 Å². The van der Waals surface area contributed by atoms with Crippen molar-refractivity contribution in [2.45, 2.75) is 6.42 Å². The van der Waals surface area contributed by atoms with Crippen LogP contribution in [-0.2, 0) is 6.42 Å². The molecule has 2 aromatic rings. The number of nitrogen functional groups attached to an aromatic ring is 2. The second-order valence-corrected chi connectivity index (χ2v) is 2.75. The van der Waals surface area contributed by atoms with E-state index < -0.39 is 0 Å². The van der Waals surface area contributed by atoms with Crippen LogP contribution in [0.3, 0.4) is 0 Å². The third kappa shape index (κ3) is 1.01. The van der Waals surface area contributed by atoms with Crippen molar-refractivity contribution in [1.82, 2.24) is 19.8 Å². The molecule has 0 unspecified atom stereocenters. The average Bonchev–Trinajstić information content (AvgIpc) is 2.59. The highest BCUT2D eigenvalue weighted by Gasteiger charge is 2.11. The summed E-state index contributed by atoms with van der Waals surface area (Å²) in [4.78, 5) is 0.